The van der Waals surface area contributed by atoms with Crippen molar-refractivity contribution in [3.63, 3.8) is 0 Å². The van der Waals surface area contributed by atoms with Crippen molar-refractivity contribution >= 4 is 11.5 Å². The summed E-state index contributed by atoms with van der Waals surface area (Å²) < 4.78 is 5.30. The molecule has 0 aromatic carbocycles. The zero-order valence-corrected chi connectivity index (χ0v) is 8.11. The summed E-state index contributed by atoms with van der Waals surface area (Å²) in [6.07, 6.45) is -0.0733. The molecule has 74 valence electrons. The highest BCUT2D eigenvalue weighted by molar-refractivity contribution is 5.62. The number of hydrogen-bond acceptors (Lipinski definition) is 5. The van der Waals surface area contributed by atoms with Gasteiger partial charge in [-0.1, -0.05) is 0 Å². The van der Waals surface area contributed by atoms with Gasteiger partial charge in [-0.15, -0.1) is 0 Å². The fraction of sp³-hybridized carbons (Fsp3) is 0.333. The van der Waals surface area contributed by atoms with E-state index in [9.17, 15) is 0 Å². The summed E-state index contributed by atoms with van der Waals surface area (Å²) in [5.74, 6) is 0.442. The van der Waals surface area contributed by atoms with Gasteiger partial charge in [0.2, 0.25) is 5.88 Å². The summed E-state index contributed by atoms with van der Waals surface area (Å²) in [4.78, 5) is 3.90. The van der Waals surface area contributed by atoms with Crippen molar-refractivity contribution in [3.8, 4) is 11.9 Å². The number of nitriles is 1. The predicted octanol–water partition coefficient (Wildman–Crippen LogP) is 0.905. The number of aromatic nitrogens is 1. The molecule has 0 aliphatic heterocycles. The summed E-state index contributed by atoms with van der Waals surface area (Å²) in [6, 6.07) is 3.36. The smallest absolute Gasteiger partial charge is 0.236 e. The number of ether oxygens (including phenoxy) is 1. The molecule has 0 amide bonds. The monoisotopic (exact) mass is 192 g/mol. The molecule has 4 N–H and O–H groups in total. The van der Waals surface area contributed by atoms with Crippen molar-refractivity contribution in [3.05, 3.63) is 11.6 Å². The average molecular weight is 192 g/mol. The molecule has 0 aliphatic carbocycles. The second-order valence-corrected chi connectivity index (χ2v) is 3.09. The van der Waals surface area contributed by atoms with Gasteiger partial charge in [-0.05, 0) is 13.8 Å². The second kappa shape index (κ2) is 3.83. The average Bonchev–Trinajstić information content (AvgIpc) is 2.01. The van der Waals surface area contributed by atoms with Crippen LogP contribution in [0.25, 0.3) is 0 Å². The molecule has 1 rings (SSSR count). The van der Waals surface area contributed by atoms with Gasteiger partial charge < -0.3 is 16.2 Å². The third kappa shape index (κ3) is 2.04. The number of anilines is 2. The van der Waals surface area contributed by atoms with Gasteiger partial charge in [-0.25, -0.2) is 0 Å². The first-order chi connectivity index (χ1) is 6.54. The molecule has 5 nitrogen and oxygen atoms in total. The normalized spacial score (nSPS) is 9.86. The first-order valence-electron chi connectivity index (χ1n) is 4.17. The van der Waals surface area contributed by atoms with Crippen LogP contribution < -0.4 is 16.2 Å². The summed E-state index contributed by atoms with van der Waals surface area (Å²) in [6.45, 7) is 3.67. The summed E-state index contributed by atoms with van der Waals surface area (Å²) in [7, 11) is 0. The van der Waals surface area contributed by atoms with Crippen LogP contribution in [0.15, 0.2) is 6.07 Å². The molecule has 0 fully saturated rings. The van der Waals surface area contributed by atoms with E-state index in [2.05, 4.69) is 4.98 Å². The van der Waals surface area contributed by atoms with Crippen LogP contribution in [0.1, 0.15) is 19.4 Å². The van der Waals surface area contributed by atoms with E-state index < -0.39 is 0 Å². The van der Waals surface area contributed by atoms with Gasteiger partial charge in [0, 0.05) is 6.07 Å². The molecule has 0 aliphatic rings. The number of nitrogens with two attached hydrogens (primary N) is 2. The maximum absolute atomic E-state index is 8.81. The molecule has 1 heterocycles. The molecule has 0 saturated heterocycles. The standard InChI is InChI=1S/C9H12N4O/c1-5(2)14-9-6(4-10)7(11)3-8(12)13-9/h3,5H,1-2H3,(H4,11,12,13). The highest BCUT2D eigenvalue weighted by Crippen LogP contribution is 2.24. The van der Waals surface area contributed by atoms with Crippen LogP contribution in [0, 0.1) is 11.3 Å². The molecule has 5 heteroatoms. The van der Waals surface area contributed by atoms with Crippen LogP contribution in [-0.4, -0.2) is 11.1 Å². The first kappa shape index (κ1) is 10.1. The fourth-order valence-corrected chi connectivity index (χ4v) is 0.981. The third-order valence-electron chi connectivity index (χ3n) is 1.50. The zero-order valence-electron chi connectivity index (χ0n) is 8.11. The Morgan fingerprint density at radius 3 is 2.64 bits per heavy atom. The van der Waals surface area contributed by atoms with Gasteiger partial charge in [0.25, 0.3) is 0 Å². The molecular formula is C9H12N4O. The molecule has 0 atom stereocenters. The lowest BCUT2D eigenvalue weighted by Gasteiger charge is -2.11. The lowest BCUT2D eigenvalue weighted by Crippen LogP contribution is -2.10. The van der Waals surface area contributed by atoms with E-state index in [0.717, 1.165) is 0 Å². The minimum Gasteiger partial charge on any atom is -0.474 e. The molecule has 0 spiro atoms. The molecule has 0 saturated carbocycles. The van der Waals surface area contributed by atoms with E-state index >= 15 is 0 Å². The molecule has 0 bridgehead atoms. The molecule has 1 aromatic heterocycles. The minimum absolute atomic E-state index is 0.0733. The van der Waals surface area contributed by atoms with E-state index in [-0.39, 0.29) is 29.1 Å². The van der Waals surface area contributed by atoms with Gasteiger partial charge >= 0.3 is 0 Å². The highest BCUT2D eigenvalue weighted by Gasteiger charge is 2.11. The largest absolute Gasteiger partial charge is 0.474 e. The van der Waals surface area contributed by atoms with Gasteiger partial charge in [0.05, 0.1) is 11.8 Å². The zero-order chi connectivity index (χ0) is 10.7. The van der Waals surface area contributed by atoms with Gasteiger partial charge in [0.15, 0.2) is 0 Å². The Hall–Kier alpha value is -1.96. The highest BCUT2D eigenvalue weighted by atomic mass is 16.5. The van der Waals surface area contributed by atoms with Crippen molar-refractivity contribution < 1.29 is 4.74 Å². The van der Waals surface area contributed by atoms with Gasteiger partial charge in [-0.3, -0.25) is 0 Å². The summed E-state index contributed by atoms with van der Waals surface area (Å²) in [5, 5.41) is 8.81. The van der Waals surface area contributed by atoms with Crippen molar-refractivity contribution in [1.82, 2.24) is 4.98 Å². The van der Waals surface area contributed by atoms with Crippen molar-refractivity contribution in [2.24, 2.45) is 0 Å². The van der Waals surface area contributed by atoms with Crippen molar-refractivity contribution in [2.75, 3.05) is 11.5 Å². The Morgan fingerprint density at radius 1 is 1.50 bits per heavy atom. The first-order valence-corrected chi connectivity index (χ1v) is 4.17. The van der Waals surface area contributed by atoms with E-state index in [1.807, 2.05) is 19.9 Å². The van der Waals surface area contributed by atoms with Crippen molar-refractivity contribution in [2.45, 2.75) is 20.0 Å². The number of nitrogens with zero attached hydrogens (tertiary/aromatic N) is 2. The third-order valence-corrected chi connectivity index (χ3v) is 1.50. The minimum atomic E-state index is -0.0733. The predicted molar refractivity (Wildman–Crippen MR) is 53.5 cm³/mol. The second-order valence-electron chi connectivity index (χ2n) is 3.09. The van der Waals surface area contributed by atoms with Crippen LogP contribution in [0.3, 0.4) is 0 Å². The summed E-state index contributed by atoms with van der Waals surface area (Å²) in [5.41, 5.74) is 11.6. The Kier molecular flexibility index (Phi) is 2.77. The van der Waals surface area contributed by atoms with Gasteiger partial charge in [-0.2, -0.15) is 10.2 Å². The van der Waals surface area contributed by atoms with E-state index in [4.69, 9.17) is 21.5 Å². The van der Waals surface area contributed by atoms with Crippen LogP contribution >= 0.6 is 0 Å². The number of nitrogen functional groups attached to an aromatic ring is 2. The Balaban J connectivity index is 3.20. The Labute approximate surface area is 82.3 Å². The molecule has 0 unspecified atom stereocenters. The van der Waals surface area contributed by atoms with Crippen molar-refractivity contribution in [1.29, 1.82) is 5.26 Å². The molecule has 0 radical (unpaired) electrons. The topological polar surface area (TPSA) is 97.9 Å². The van der Waals surface area contributed by atoms with Crippen LogP contribution in [0.4, 0.5) is 11.5 Å². The number of pyridine rings is 1. The van der Waals surface area contributed by atoms with E-state index in [1.165, 1.54) is 6.07 Å². The molecular weight excluding hydrogens is 180 g/mol. The van der Waals surface area contributed by atoms with Crippen LogP contribution in [0.2, 0.25) is 0 Å². The number of hydrogen-bond donors (Lipinski definition) is 2. The molecule has 1 aromatic rings. The molecule has 14 heavy (non-hydrogen) atoms. The maximum atomic E-state index is 8.81. The fourth-order valence-electron chi connectivity index (χ4n) is 0.981. The van der Waals surface area contributed by atoms with E-state index in [0.29, 0.717) is 0 Å². The van der Waals surface area contributed by atoms with Crippen LogP contribution in [-0.2, 0) is 0 Å². The Bertz CT molecular complexity index is 381. The quantitative estimate of drug-likeness (QED) is 0.725. The van der Waals surface area contributed by atoms with Crippen LogP contribution in [0.5, 0.6) is 5.88 Å². The van der Waals surface area contributed by atoms with E-state index in [1.54, 1.807) is 0 Å². The lowest BCUT2D eigenvalue weighted by atomic mass is 10.2. The summed E-state index contributed by atoms with van der Waals surface area (Å²) >= 11 is 0. The SMILES string of the molecule is CC(C)Oc1nc(N)cc(N)c1C#N. The Morgan fingerprint density at radius 2 is 2.14 bits per heavy atom. The maximum Gasteiger partial charge on any atom is 0.236 e. The van der Waals surface area contributed by atoms with Gasteiger partial charge in [0.1, 0.15) is 17.5 Å². The lowest BCUT2D eigenvalue weighted by molar-refractivity contribution is 0.232. The number of rotatable bonds is 2.